The van der Waals surface area contributed by atoms with Crippen molar-refractivity contribution in [3.63, 3.8) is 0 Å². The third-order valence-electron chi connectivity index (χ3n) is 5.26. The molecule has 0 amide bonds. The summed E-state index contributed by atoms with van der Waals surface area (Å²) in [6.45, 7) is 1.81. The monoisotopic (exact) mass is 439 g/mol. The highest BCUT2D eigenvalue weighted by atomic mass is 16.5. The van der Waals surface area contributed by atoms with Gasteiger partial charge in [0.1, 0.15) is 19.8 Å². The van der Waals surface area contributed by atoms with Crippen molar-refractivity contribution < 1.29 is 14.2 Å². The van der Waals surface area contributed by atoms with Gasteiger partial charge in [-0.05, 0) is 41.3 Å². The van der Waals surface area contributed by atoms with Crippen molar-refractivity contribution in [1.29, 1.82) is 0 Å². The Morgan fingerprint density at radius 2 is 0.939 bits per heavy atom. The lowest BCUT2D eigenvalue weighted by Gasteiger charge is -2.20. The van der Waals surface area contributed by atoms with E-state index in [1.165, 1.54) is 0 Å². The molecule has 4 aromatic carbocycles. The number of hydrogen-bond acceptors (Lipinski definition) is 4. The van der Waals surface area contributed by atoms with Gasteiger partial charge >= 0.3 is 0 Å². The van der Waals surface area contributed by atoms with Gasteiger partial charge in [-0.1, -0.05) is 97.1 Å². The first kappa shape index (κ1) is 22.4. The van der Waals surface area contributed by atoms with Crippen LogP contribution in [0.1, 0.15) is 22.3 Å². The van der Waals surface area contributed by atoms with Crippen molar-refractivity contribution in [1.82, 2.24) is 0 Å². The second-order valence-electron chi connectivity index (χ2n) is 7.74. The molecule has 0 atom stereocenters. The van der Waals surface area contributed by atoms with E-state index in [-0.39, 0.29) is 0 Å². The molecule has 0 aliphatic heterocycles. The molecule has 0 bridgehead atoms. The van der Waals surface area contributed by atoms with Crippen LogP contribution in [0.5, 0.6) is 17.2 Å². The van der Waals surface area contributed by atoms with Crippen LogP contribution in [0, 0.1) is 0 Å². The number of rotatable bonds is 11. The normalized spacial score (nSPS) is 10.6. The molecule has 4 nitrogen and oxygen atoms in total. The standard InChI is InChI=1S/C29H29NO3/c30-19-18-26-16-17-27(31-20-23-10-4-1-5-11-23)29(33-22-25-14-8-3-9-15-25)28(26)32-21-24-12-6-2-7-13-24/h1-17H,18-22,30H2. The maximum absolute atomic E-state index is 6.33. The van der Waals surface area contributed by atoms with E-state index in [9.17, 15) is 0 Å². The molecule has 0 fully saturated rings. The van der Waals surface area contributed by atoms with Gasteiger partial charge in [0, 0.05) is 0 Å². The zero-order valence-electron chi connectivity index (χ0n) is 18.7. The van der Waals surface area contributed by atoms with Gasteiger partial charge < -0.3 is 19.9 Å². The van der Waals surface area contributed by atoms with Crippen LogP contribution in [0.2, 0.25) is 0 Å². The van der Waals surface area contributed by atoms with Crippen LogP contribution in [0.15, 0.2) is 103 Å². The van der Waals surface area contributed by atoms with E-state index in [0.717, 1.165) is 22.3 Å². The summed E-state index contributed by atoms with van der Waals surface area (Å²) in [5.41, 5.74) is 10.1. The lowest BCUT2D eigenvalue weighted by Crippen LogP contribution is -2.09. The Balaban J connectivity index is 1.64. The SMILES string of the molecule is NCCc1ccc(OCc2ccccc2)c(OCc2ccccc2)c1OCc1ccccc1. The van der Waals surface area contributed by atoms with Gasteiger partial charge in [0.25, 0.3) is 0 Å². The average Bonchev–Trinajstić information content (AvgIpc) is 2.88. The lowest BCUT2D eigenvalue weighted by molar-refractivity contribution is 0.228. The van der Waals surface area contributed by atoms with Crippen molar-refractivity contribution in [3.05, 3.63) is 125 Å². The Kier molecular flexibility index (Phi) is 7.98. The molecule has 0 spiro atoms. The average molecular weight is 440 g/mol. The molecule has 0 aliphatic carbocycles. The van der Waals surface area contributed by atoms with Gasteiger partial charge in [0.2, 0.25) is 5.75 Å². The Bertz CT molecular complexity index is 1120. The van der Waals surface area contributed by atoms with E-state index in [1.807, 2.05) is 103 Å². The molecule has 4 aromatic rings. The topological polar surface area (TPSA) is 53.7 Å². The molecule has 0 aliphatic rings. The van der Waals surface area contributed by atoms with Crippen LogP contribution in [0.3, 0.4) is 0 Å². The maximum atomic E-state index is 6.33. The van der Waals surface area contributed by atoms with E-state index in [2.05, 4.69) is 0 Å². The minimum Gasteiger partial charge on any atom is -0.485 e. The van der Waals surface area contributed by atoms with Crippen molar-refractivity contribution in [3.8, 4) is 17.2 Å². The molecular weight excluding hydrogens is 410 g/mol. The first-order valence-electron chi connectivity index (χ1n) is 11.2. The smallest absolute Gasteiger partial charge is 0.204 e. The van der Waals surface area contributed by atoms with E-state index < -0.39 is 0 Å². The zero-order valence-corrected chi connectivity index (χ0v) is 18.7. The van der Waals surface area contributed by atoms with Crippen LogP contribution in [-0.2, 0) is 26.2 Å². The highest BCUT2D eigenvalue weighted by Crippen LogP contribution is 2.42. The molecular formula is C29H29NO3. The van der Waals surface area contributed by atoms with Crippen molar-refractivity contribution in [2.45, 2.75) is 26.2 Å². The predicted octanol–water partition coefficient (Wildman–Crippen LogP) is 5.92. The van der Waals surface area contributed by atoms with Gasteiger partial charge in [-0.3, -0.25) is 0 Å². The summed E-state index contributed by atoms with van der Waals surface area (Å²) in [4.78, 5) is 0. The number of nitrogens with two attached hydrogens (primary N) is 1. The molecule has 0 heterocycles. The largest absolute Gasteiger partial charge is 0.485 e. The molecule has 2 N–H and O–H groups in total. The highest BCUT2D eigenvalue weighted by Gasteiger charge is 2.18. The number of benzene rings is 4. The molecule has 168 valence electrons. The molecule has 0 radical (unpaired) electrons. The summed E-state index contributed by atoms with van der Waals surface area (Å²) >= 11 is 0. The fourth-order valence-corrected chi connectivity index (χ4v) is 3.54. The van der Waals surface area contributed by atoms with Crippen molar-refractivity contribution in [2.75, 3.05) is 6.54 Å². The van der Waals surface area contributed by atoms with Crippen LogP contribution >= 0.6 is 0 Å². The minimum absolute atomic E-state index is 0.413. The summed E-state index contributed by atoms with van der Waals surface area (Å²) in [7, 11) is 0. The molecule has 4 heteroatoms. The first-order valence-corrected chi connectivity index (χ1v) is 11.2. The minimum atomic E-state index is 0.413. The molecule has 0 saturated carbocycles. The Labute approximate surface area is 195 Å². The van der Waals surface area contributed by atoms with Gasteiger partial charge in [0.15, 0.2) is 11.5 Å². The van der Waals surface area contributed by atoms with Crippen LogP contribution in [0.25, 0.3) is 0 Å². The summed E-state index contributed by atoms with van der Waals surface area (Å²) in [5, 5.41) is 0. The van der Waals surface area contributed by atoms with E-state index in [1.54, 1.807) is 0 Å². The lowest BCUT2D eigenvalue weighted by atomic mass is 10.1. The summed E-state index contributed by atoms with van der Waals surface area (Å²) in [5.74, 6) is 1.95. The summed E-state index contributed by atoms with van der Waals surface area (Å²) in [6, 6.07) is 34.2. The molecule has 0 unspecified atom stereocenters. The van der Waals surface area contributed by atoms with Gasteiger partial charge in [-0.25, -0.2) is 0 Å². The fraction of sp³-hybridized carbons (Fsp3) is 0.172. The zero-order chi connectivity index (χ0) is 22.7. The van der Waals surface area contributed by atoms with Gasteiger partial charge in [0.05, 0.1) is 0 Å². The Morgan fingerprint density at radius 3 is 1.42 bits per heavy atom. The van der Waals surface area contributed by atoms with Crippen LogP contribution in [0.4, 0.5) is 0 Å². The third kappa shape index (κ3) is 6.37. The molecule has 0 saturated heterocycles. The Morgan fingerprint density at radius 1 is 0.485 bits per heavy atom. The van der Waals surface area contributed by atoms with E-state index >= 15 is 0 Å². The molecule has 4 rings (SSSR count). The number of ether oxygens (including phenoxy) is 3. The third-order valence-corrected chi connectivity index (χ3v) is 5.26. The van der Waals surface area contributed by atoms with Crippen LogP contribution < -0.4 is 19.9 Å². The van der Waals surface area contributed by atoms with Crippen molar-refractivity contribution >= 4 is 0 Å². The quantitative estimate of drug-likeness (QED) is 0.315. The van der Waals surface area contributed by atoms with E-state index in [0.29, 0.717) is 50.0 Å². The maximum Gasteiger partial charge on any atom is 0.204 e. The Hall–Kier alpha value is -3.76. The highest BCUT2D eigenvalue weighted by molar-refractivity contribution is 5.56. The molecule has 0 aromatic heterocycles. The van der Waals surface area contributed by atoms with Crippen molar-refractivity contribution in [2.24, 2.45) is 5.73 Å². The van der Waals surface area contributed by atoms with Gasteiger partial charge in [-0.15, -0.1) is 0 Å². The second-order valence-corrected chi connectivity index (χ2v) is 7.74. The fourth-order valence-electron chi connectivity index (χ4n) is 3.54. The first-order chi connectivity index (χ1) is 16.3. The number of hydrogen-bond donors (Lipinski definition) is 1. The van der Waals surface area contributed by atoms with Crippen LogP contribution in [-0.4, -0.2) is 6.54 Å². The summed E-state index contributed by atoms with van der Waals surface area (Å²) in [6.07, 6.45) is 0.685. The van der Waals surface area contributed by atoms with Gasteiger partial charge in [-0.2, -0.15) is 0 Å². The van der Waals surface area contributed by atoms with E-state index in [4.69, 9.17) is 19.9 Å². The second kappa shape index (κ2) is 11.7. The molecule has 33 heavy (non-hydrogen) atoms. The predicted molar refractivity (Wildman–Crippen MR) is 132 cm³/mol. The summed E-state index contributed by atoms with van der Waals surface area (Å²) < 4.78 is 18.9.